The van der Waals surface area contributed by atoms with Crippen LogP contribution in [0.15, 0.2) is 30.5 Å². The van der Waals surface area contributed by atoms with Crippen molar-refractivity contribution in [1.29, 1.82) is 0 Å². The van der Waals surface area contributed by atoms with Crippen LogP contribution in [0.25, 0.3) is 11.3 Å². The second kappa shape index (κ2) is 5.87. The molecule has 1 aromatic heterocycles. The molecule has 1 aromatic carbocycles. The minimum absolute atomic E-state index is 0.531. The number of nitrogens with zero attached hydrogens (tertiary/aromatic N) is 2. The maximum Gasteiger partial charge on any atom is 0.138 e. The van der Waals surface area contributed by atoms with Crippen molar-refractivity contribution in [3.63, 3.8) is 0 Å². The molecule has 0 fully saturated rings. The molecule has 4 heteroatoms. The lowest BCUT2D eigenvalue weighted by Crippen LogP contribution is -1.96. The van der Waals surface area contributed by atoms with Crippen LogP contribution in [0, 0.1) is 0 Å². The van der Waals surface area contributed by atoms with Gasteiger partial charge in [-0.2, -0.15) is 12.6 Å². The quantitative estimate of drug-likeness (QED) is 0.858. The van der Waals surface area contributed by atoms with E-state index in [1.54, 1.807) is 13.3 Å². The van der Waals surface area contributed by atoms with Crippen LogP contribution in [0.2, 0.25) is 0 Å². The molecule has 94 valence electrons. The van der Waals surface area contributed by atoms with Gasteiger partial charge in [0.1, 0.15) is 11.6 Å². The third kappa shape index (κ3) is 2.64. The van der Waals surface area contributed by atoms with Crippen molar-refractivity contribution in [1.82, 2.24) is 9.97 Å². The van der Waals surface area contributed by atoms with Gasteiger partial charge in [0.05, 0.1) is 18.6 Å². The van der Waals surface area contributed by atoms with E-state index >= 15 is 0 Å². The Bertz CT molecular complexity index is 543. The highest BCUT2D eigenvalue weighted by atomic mass is 32.1. The van der Waals surface area contributed by atoms with Gasteiger partial charge in [-0.05, 0) is 30.2 Å². The number of rotatable bonds is 4. The Labute approximate surface area is 113 Å². The molecule has 0 aliphatic carbocycles. The largest absolute Gasteiger partial charge is 0.496 e. The lowest BCUT2D eigenvalue weighted by atomic mass is 10.0. The number of aromatic nitrogens is 2. The van der Waals surface area contributed by atoms with E-state index in [0.29, 0.717) is 5.75 Å². The van der Waals surface area contributed by atoms with Gasteiger partial charge in [0.25, 0.3) is 0 Å². The summed E-state index contributed by atoms with van der Waals surface area (Å²) in [5.74, 6) is 2.08. The van der Waals surface area contributed by atoms with Gasteiger partial charge in [-0.25, -0.2) is 9.97 Å². The standard InChI is InChI=1S/C14H16N2OS/c1-3-10-4-5-13(17-2)11(8-10)12-6-7-15-14(9-18)16-12/h4-8,18H,3,9H2,1-2H3. The highest BCUT2D eigenvalue weighted by molar-refractivity contribution is 7.79. The van der Waals surface area contributed by atoms with E-state index in [-0.39, 0.29) is 0 Å². The molecule has 2 aromatic rings. The third-order valence-corrected chi connectivity index (χ3v) is 3.08. The fourth-order valence-corrected chi connectivity index (χ4v) is 1.95. The van der Waals surface area contributed by atoms with Crippen molar-refractivity contribution in [3.05, 3.63) is 41.9 Å². The molecule has 0 saturated heterocycles. The first kappa shape index (κ1) is 12.9. The average molecular weight is 260 g/mol. The molecule has 18 heavy (non-hydrogen) atoms. The molecule has 0 amide bonds. The number of methoxy groups -OCH3 is 1. The minimum atomic E-state index is 0.531. The molecule has 0 aliphatic heterocycles. The summed E-state index contributed by atoms with van der Waals surface area (Å²) in [4.78, 5) is 8.63. The molecular weight excluding hydrogens is 244 g/mol. The first-order valence-corrected chi connectivity index (χ1v) is 6.51. The number of hydrogen-bond acceptors (Lipinski definition) is 4. The molecule has 2 rings (SSSR count). The van der Waals surface area contributed by atoms with Gasteiger partial charge in [0.2, 0.25) is 0 Å². The zero-order valence-electron chi connectivity index (χ0n) is 10.6. The SMILES string of the molecule is CCc1ccc(OC)c(-c2ccnc(CS)n2)c1. The normalized spacial score (nSPS) is 10.4. The van der Waals surface area contributed by atoms with Crippen LogP contribution in [0.5, 0.6) is 5.75 Å². The number of ether oxygens (including phenoxy) is 1. The van der Waals surface area contributed by atoms with E-state index in [4.69, 9.17) is 4.74 Å². The van der Waals surface area contributed by atoms with Crippen LogP contribution in [0.4, 0.5) is 0 Å². The number of hydrogen-bond donors (Lipinski definition) is 1. The van der Waals surface area contributed by atoms with Crippen molar-refractivity contribution in [2.45, 2.75) is 19.1 Å². The summed E-state index contributed by atoms with van der Waals surface area (Å²) in [6, 6.07) is 8.06. The first-order chi connectivity index (χ1) is 8.78. The van der Waals surface area contributed by atoms with Gasteiger partial charge in [-0.3, -0.25) is 0 Å². The second-order valence-corrected chi connectivity index (χ2v) is 4.22. The van der Waals surface area contributed by atoms with Gasteiger partial charge in [0.15, 0.2) is 0 Å². The Morgan fingerprint density at radius 3 is 2.78 bits per heavy atom. The molecule has 0 N–H and O–H groups in total. The average Bonchev–Trinajstić information content (AvgIpc) is 2.46. The van der Waals surface area contributed by atoms with Crippen LogP contribution in [0.1, 0.15) is 18.3 Å². The summed E-state index contributed by atoms with van der Waals surface area (Å²) < 4.78 is 5.39. The van der Waals surface area contributed by atoms with Crippen molar-refractivity contribution in [2.24, 2.45) is 0 Å². The van der Waals surface area contributed by atoms with Gasteiger partial charge >= 0.3 is 0 Å². The number of aryl methyl sites for hydroxylation is 1. The minimum Gasteiger partial charge on any atom is -0.496 e. The third-order valence-electron chi connectivity index (χ3n) is 2.79. The summed E-state index contributed by atoms with van der Waals surface area (Å²) in [5.41, 5.74) is 3.14. The summed E-state index contributed by atoms with van der Waals surface area (Å²) in [6.07, 6.45) is 2.74. The smallest absolute Gasteiger partial charge is 0.138 e. The Morgan fingerprint density at radius 2 is 2.11 bits per heavy atom. The molecule has 0 atom stereocenters. The molecule has 0 spiro atoms. The first-order valence-electron chi connectivity index (χ1n) is 5.88. The molecular formula is C14H16N2OS. The maximum absolute atomic E-state index is 5.39. The predicted molar refractivity (Wildman–Crippen MR) is 76.1 cm³/mol. The van der Waals surface area contributed by atoms with Crippen molar-refractivity contribution in [3.8, 4) is 17.0 Å². The highest BCUT2D eigenvalue weighted by Gasteiger charge is 2.08. The fourth-order valence-electron chi connectivity index (χ4n) is 1.80. The Morgan fingerprint density at radius 1 is 1.28 bits per heavy atom. The molecule has 0 bridgehead atoms. The number of thiol groups is 1. The van der Waals surface area contributed by atoms with Crippen LogP contribution >= 0.6 is 12.6 Å². The van der Waals surface area contributed by atoms with Crippen molar-refractivity contribution < 1.29 is 4.74 Å². The number of benzene rings is 1. The van der Waals surface area contributed by atoms with Gasteiger partial charge < -0.3 is 4.74 Å². The van der Waals surface area contributed by atoms with E-state index < -0.39 is 0 Å². The molecule has 0 saturated carbocycles. The van der Waals surface area contributed by atoms with Gasteiger partial charge in [-0.15, -0.1) is 0 Å². The van der Waals surface area contributed by atoms with Crippen molar-refractivity contribution in [2.75, 3.05) is 7.11 Å². The van der Waals surface area contributed by atoms with Crippen LogP contribution in [-0.4, -0.2) is 17.1 Å². The predicted octanol–water partition coefficient (Wildman–Crippen LogP) is 3.14. The molecule has 3 nitrogen and oxygen atoms in total. The topological polar surface area (TPSA) is 35.0 Å². The summed E-state index contributed by atoms with van der Waals surface area (Å²) in [6.45, 7) is 2.13. The van der Waals surface area contributed by atoms with E-state index in [2.05, 4.69) is 41.7 Å². The molecule has 0 unspecified atom stereocenters. The second-order valence-electron chi connectivity index (χ2n) is 3.90. The zero-order chi connectivity index (χ0) is 13.0. The monoisotopic (exact) mass is 260 g/mol. The van der Waals surface area contributed by atoms with Crippen LogP contribution in [-0.2, 0) is 12.2 Å². The highest BCUT2D eigenvalue weighted by Crippen LogP contribution is 2.29. The van der Waals surface area contributed by atoms with Crippen LogP contribution in [0.3, 0.4) is 0 Å². The zero-order valence-corrected chi connectivity index (χ0v) is 11.4. The Balaban J connectivity index is 2.53. The Kier molecular flexibility index (Phi) is 4.20. The maximum atomic E-state index is 5.39. The van der Waals surface area contributed by atoms with E-state index in [0.717, 1.165) is 29.3 Å². The summed E-state index contributed by atoms with van der Waals surface area (Å²) in [7, 11) is 1.67. The lowest BCUT2D eigenvalue weighted by molar-refractivity contribution is 0.416. The molecule has 0 aliphatic rings. The van der Waals surface area contributed by atoms with Gasteiger partial charge in [0, 0.05) is 11.8 Å². The Hall–Kier alpha value is -1.55. The van der Waals surface area contributed by atoms with E-state index in [1.165, 1.54) is 5.56 Å². The summed E-state index contributed by atoms with van der Waals surface area (Å²) >= 11 is 4.20. The lowest BCUT2D eigenvalue weighted by Gasteiger charge is -2.10. The molecule has 0 radical (unpaired) electrons. The fraction of sp³-hybridized carbons (Fsp3) is 0.286. The molecule has 1 heterocycles. The van der Waals surface area contributed by atoms with Gasteiger partial charge in [-0.1, -0.05) is 13.0 Å². The van der Waals surface area contributed by atoms with Crippen molar-refractivity contribution >= 4 is 12.6 Å². The van der Waals surface area contributed by atoms with E-state index in [9.17, 15) is 0 Å². The van der Waals surface area contributed by atoms with Crippen LogP contribution < -0.4 is 4.74 Å². The van der Waals surface area contributed by atoms with E-state index in [1.807, 2.05) is 12.1 Å². The summed E-state index contributed by atoms with van der Waals surface area (Å²) in [5, 5.41) is 0.